The number of nitrogen functional groups attached to an aromatic ring is 1. The number of nitrogens with two attached hydrogens (primary N) is 1. The summed E-state index contributed by atoms with van der Waals surface area (Å²) >= 11 is 5.91. The standard InChI is InChI=1S/C14H13ClN2O/c1-17(13-7-3-5-11(15)9-13)14(18)10-4-2-6-12(16)8-10/h2-9H,16H2,1H3. The minimum atomic E-state index is -0.121. The Bertz CT molecular complexity index is 584. The first-order valence-corrected chi connectivity index (χ1v) is 5.85. The maximum Gasteiger partial charge on any atom is 0.258 e. The van der Waals surface area contributed by atoms with E-state index in [9.17, 15) is 4.79 Å². The number of hydrogen-bond donors (Lipinski definition) is 1. The second-order valence-electron chi connectivity index (χ2n) is 3.97. The number of rotatable bonds is 2. The van der Waals surface area contributed by atoms with Gasteiger partial charge in [0, 0.05) is 29.0 Å². The molecule has 92 valence electrons. The van der Waals surface area contributed by atoms with Crippen molar-refractivity contribution in [2.45, 2.75) is 0 Å². The molecule has 2 aromatic carbocycles. The Kier molecular flexibility index (Phi) is 3.53. The Balaban J connectivity index is 2.29. The monoisotopic (exact) mass is 260 g/mol. The molecule has 0 atom stereocenters. The molecule has 0 aliphatic carbocycles. The van der Waals surface area contributed by atoms with Crippen LogP contribution in [0.1, 0.15) is 10.4 Å². The lowest BCUT2D eigenvalue weighted by molar-refractivity contribution is 0.0993. The van der Waals surface area contributed by atoms with Crippen molar-refractivity contribution in [3.8, 4) is 0 Å². The van der Waals surface area contributed by atoms with Gasteiger partial charge in [0.05, 0.1) is 0 Å². The van der Waals surface area contributed by atoms with E-state index in [-0.39, 0.29) is 5.91 Å². The first-order chi connectivity index (χ1) is 8.58. The van der Waals surface area contributed by atoms with Crippen LogP contribution in [0.3, 0.4) is 0 Å². The Morgan fingerprint density at radius 3 is 2.56 bits per heavy atom. The summed E-state index contributed by atoms with van der Waals surface area (Å²) in [6, 6.07) is 14.0. The lowest BCUT2D eigenvalue weighted by atomic mass is 10.1. The fraction of sp³-hybridized carbons (Fsp3) is 0.0714. The summed E-state index contributed by atoms with van der Waals surface area (Å²) in [5, 5.41) is 0.597. The molecule has 2 aromatic rings. The molecule has 2 rings (SSSR count). The number of amides is 1. The second kappa shape index (κ2) is 5.10. The van der Waals surface area contributed by atoms with E-state index in [0.717, 1.165) is 5.69 Å². The first kappa shape index (κ1) is 12.5. The SMILES string of the molecule is CN(C(=O)c1cccc(N)c1)c1cccc(Cl)c1. The van der Waals surface area contributed by atoms with Gasteiger partial charge in [0.2, 0.25) is 0 Å². The summed E-state index contributed by atoms with van der Waals surface area (Å²) in [5.74, 6) is -0.121. The molecule has 0 fully saturated rings. The average molecular weight is 261 g/mol. The molecule has 1 amide bonds. The van der Waals surface area contributed by atoms with Gasteiger partial charge in [0.25, 0.3) is 5.91 Å². The number of carbonyl (C=O) groups excluding carboxylic acids is 1. The average Bonchev–Trinajstić information content (AvgIpc) is 2.37. The van der Waals surface area contributed by atoms with Gasteiger partial charge in [-0.2, -0.15) is 0 Å². The van der Waals surface area contributed by atoms with Crippen LogP contribution in [0.4, 0.5) is 11.4 Å². The third kappa shape index (κ3) is 2.63. The van der Waals surface area contributed by atoms with E-state index < -0.39 is 0 Å². The van der Waals surface area contributed by atoms with E-state index in [1.165, 1.54) is 0 Å². The molecule has 0 saturated carbocycles. The van der Waals surface area contributed by atoms with Crippen LogP contribution in [0.25, 0.3) is 0 Å². The van der Waals surface area contributed by atoms with E-state index in [4.69, 9.17) is 17.3 Å². The summed E-state index contributed by atoms with van der Waals surface area (Å²) < 4.78 is 0. The van der Waals surface area contributed by atoms with Gasteiger partial charge < -0.3 is 10.6 Å². The third-order valence-corrected chi connectivity index (χ3v) is 2.87. The molecule has 2 N–H and O–H groups in total. The largest absolute Gasteiger partial charge is 0.399 e. The fourth-order valence-electron chi connectivity index (χ4n) is 1.67. The van der Waals surface area contributed by atoms with E-state index in [1.54, 1.807) is 54.4 Å². The zero-order chi connectivity index (χ0) is 13.1. The molecule has 3 nitrogen and oxygen atoms in total. The van der Waals surface area contributed by atoms with Gasteiger partial charge in [0.15, 0.2) is 0 Å². The highest BCUT2D eigenvalue weighted by molar-refractivity contribution is 6.31. The van der Waals surface area contributed by atoms with Gasteiger partial charge in [-0.25, -0.2) is 0 Å². The quantitative estimate of drug-likeness (QED) is 0.843. The van der Waals surface area contributed by atoms with Crippen LogP contribution in [-0.2, 0) is 0 Å². The van der Waals surface area contributed by atoms with Gasteiger partial charge >= 0.3 is 0 Å². The smallest absolute Gasteiger partial charge is 0.258 e. The maximum absolute atomic E-state index is 12.2. The van der Waals surface area contributed by atoms with Crippen LogP contribution >= 0.6 is 11.6 Å². The molecular weight excluding hydrogens is 248 g/mol. The Morgan fingerprint density at radius 1 is 1.17 bits per heavy atom. The van der Waals surface area contributed by atoms with Crippen LogP contribution < -0.4 is 10.6 Å². The summed E-state index contributed by atoms with van der Waals surface area (Å²) in [6.45, 7) is 0. The van der Waals surface area contributed by atoms with E-state index >= 15 is 0 Å². The van der Waals surface area contributed by atoms with E-state index in [1.807, 2.05) is 6.07 Å². The van der Waals surface area contributed by atoms with Crippen LogP contribution in [0.5, 0.6) is 0 Å². The fourth-order valence-corrected chi connectivity index (χ4v) is 1.85. The molecule has 18 heavy (non-hydrogen) atoms. The highest BCUT2D eigenvalue weighted by Crippen LogP contribution is 2.20. The summed E-state index contributed by atoms with van der Waals surface area (Å²) in [7, 11) is 1.71. The highest BCUT2D eigenvalue weighted by atomic mass is 35.5. The van der Waals surface area contributed by atoms with Gasteiger partial charge in [-0.3, -0.25) is 4.79 Å². The molecule has 4 heteroatoms. The molecule has 0 saturated heterocycles. The van der Waals surface area contributed by atoms with Crippen molar-refractivity contribution in [2.24, 2.45) is 0 Å². The predicted octanol–water partition coefficient (Wildman–Crippen LogP) is 3.20. The Hall–Kier alpha value is -2.00. The van der Waals surface area contributed by atoms with Crippen LogP contribution in [-0.4, -0.2) is 13.0 Å². The van der Waals surface area contributed by atoms with Crippen molar-refractivity contribution in [3.63, 3.8) is 0 Å². The zero-order valence-electron chi connectivity index (χ0n) is 9.93. The molecule has 0 aromatic heterocycles. The van der Waals surface area contributed by atoms with Crippen molar-refractivity contribution in [1.82, 2.24) is 0 Å². The molecule has 0 aliphatic heterocycles. The van der Waals surface area contributed by atoms with Crippen LogP contribution in [0.15, 0.2) is 48.5 Å². The van der Waals surface area contributed by atoms with Crippen molar-refractivity contribution in [2.75, 3.05) is 17.7 Å². The topological polar surface area (TPSA) is 46.3 Å². The molecule has 0 aliphatic rings. The number of hydrogen-bond acceptors (Lipinski definition) is 2. The number of carbonyl (C=O) groups is 1. The molecule has 0 heterocycles. The first-order valence-electron chi connectivity index (χ1n) is 5.47. The summed E-state index contributed by atoms with van der Waals surface area (Å²) in [4.78, 5) is 13.8. The minimum absolute atomic E-state index is 0.121. The minimum Gasteiger partial charge on any atom is -0.399 e. The van der Waals surface area contributed by atoms with Gasteiger partial charge in [-0.15, -0.1) is 0 Å². The van der Waals surface area contributed by atoms with Gasteiger partial charge in [-0.05, 0) is 36.4 Å². The molecule has 0 spiro atoms. The Labute approximate surface area is 111 Å². The number of benzene rings is 2. The third-order valence-electron chi connectivity index (χ3n) is 2.63. The molecule has 0 radical (unpaired) electrons. The number of anilines is 2. The van der Waals surface area contributed by atoms with Crippen molar-refractivity contribution in [3.05, 3.63) is 59.1 Å². The molecule has 0 bridgehead atoms. The van der Waals surface area contributed by atoms with Gasteiger partial charge in [-0.1, -0.05) is 23.7 Å². The van der Waals surface area contributed by atoms with Crippen molar-refractivity contribution < 1.29 is 4.79 Å². The lowest BCUT2D eigenvalue weighted by Gasteiger charge is -2.17. The molecular formula is C14H13ClN2O. The summed E-state index contributed by atoms with van der Waals surface area (Å²) in [5.41, 5.74) is 7.54. The normalized spacial score (nSPS) is 10.1. The highest BCUT2D eigenvalue weighted by Gasteiger charge is 2.13. The lowest BCUT2D eigenvalue weighted by Crippen LogP contribution is -2.26. The Morgan fingerprint density at radius 2 is 1.89 bits per heavy atom. The number of halogens is 1. The maximum atomic E-state index is 12.2. The second-order valence-corrected chi connectivity index (χ2v) is 4.41. The zero-order valence-corrected chi connectivity index (χ0v) is 10.7. The molecule has 0 unspecified atom stereocenters. The van der Waals surface area contributed by atoms with Crippen molar-refractivity contribution in [1.29, 1.82) is 0 Å². The predicted molar refractivity (Wildman–Crippen MR) is 75.0 cm³/mol. The number of nitrogens with zero attached hydrogens (tertiary/aromatic N) is 1. The van der Waals surface area contributed by atoms with E-state index in [0.29, 0.717) is 16.3 Å². The summed E-state index contributed by atoms with van der Waals surface area (Å²) in [6.07, 6.45) is 0. The van der Waals surface area contributed by atoms with E-state index in [2.05, 4.69) is 0 Å². The van der Waals surface area contributed by atoms with Crippen LogP contribution in [0, 0.1) is 0 Å². The van der Waals surface area contributed by atoms with Crippen LogP contribution in [0.2, 0.25) is 5.02 Å². The van der Waals surface area contributed by atoms with Gasteiger partial charge in [0.1, 0.15) is 0 Å². The van der Waals surface area contributed by atoms with Crippen molar-refractivity contribution >= 4 is 28.9 Å².